The summed E-state index contributed by atoms with van der Waals surface area (Å²) in [6.45, 7) is 1.51. The monoisotopic (exact) mass is 423 g/mol. The van der Waals surface area contributed by atoms with E-state index in [9.17, 15) is 9.59 Å². The average molecular weight is 425 g/mol. The Morgan fingerprint density at radius 2 is 1.85 bits per heavy atom. The Kier molecular flexibility index (Phi) is 6.26. The maximum absolute atomic E-state index is 12.2. The van der Waals surface area contributed by atoms with Gasteiger partial charge in [-0.15, -0.1) is 0 Å². The standard InChI is InChI=1S/C19H16Cl3N3O2/c20-14-2-1-3-15(21)13(14)5-7-18(26)24-12-4-6-17(16(22)10-12)25-9-8-23-19(27)11-25/h1-7,10H,8-9,11H2,(H,23,27)(H,24,26)/b7-5+. The number of benzene rings is 2. The molecule has 8 heteroatoms. The Labute approximate surface area is 171 Å². The Balaban J connectivity index is 1.69. The highest BCUT2D eigenvalue weighted by atomic mass is 35.5. The third-order valence-corrected chi connectivity index (χ3v) is 4.96. The zero-order chi connectivity index (χ0) is 19.4. The van der Waals surface area contributed by atoms with E-state index in [0.717, 1.165) is 5.69 Å². The summed E-state index contributed by atoms with van der Waals surface area (Å²) < 4.78 is 0. The fourth-order valence-corrected chi connectivity index (χ4v) is 3.52. The molecule has 1 aliphatic rings. The fourth-order valence-electron chi connectivity index (χ4n) is 2.70. The Morgan fingerprint density at radius 3 is 2.52 bits per heavy atom. The second-order valence-corrected chi connectivity index (χ2v) is 7.12. The third-order valence-electron chi connectivity index (χ3n) is 4.00. The van der Waals surface area contributed by atoms with Gasteiger partial charge >= 0.3 is 0 Å². The highest BCUT2D eigenvalue weighted by Crippen LogP contribution is 2.29. The largest absolute Gasteiger partial charge is 0.359 e. The molecule has 0 aromatic heterocycles. The number of carbonyl (C=O) groups excluding carboxylic acids is 2. The summed E-state index contributed by atoms with van der Waals surface area (Å²) in [7, 11) is 0. The van der Waals surface area contributed by atoms with Crippen molar-refractivity contribution in [2.75, 3.05) is 29.9 Å². The van der Waals surface area contributed by atoms with Crippen molar-refractivity contribution in [3.63, 3.8) is 0 Å². The number of halogens is 3. The Hall–Kier alpha value is -2.21. The molecule has 1 fully saturated rings. The van der Waals surface area contributed by atoms with Crippen LogP contribution in [-0.2, 0) is 9.59 Å². The van der Waals surface area contributed by atoms with Gasteiger partial charge in [0.05, 0.1) is 17.3 Å². The normalized spacial score (nSPS) is 14.3. The summed E-state index contributed by atoms with van der Waals surface area (Å²) in [5.74, 6) is -0.384. The molecule has 2 N–H and O–H groups in total. The second-order valence-electron chi connectivity index (χ2n) is 5.90. The molecular formula is C19H16Cl3N3O2. The minimum Gasteiger partial charge on any atom is -0.359 e. The molecule has 1 heterocycles. The smallest absolute Gasteiger partial charge is 0.248 e. The van der Waals surface area contributed by atoms with E-state index in [-0.39, 0.29) is 18.4 Å². The van der Waals surface area contributed by atoms with E-state index < -0.39 is 0 Å². The third kappa shape index (κ3) is 4.95. The van der Waals surface area contributed by atoms with Gasteiger partial charge in [-0.25, -0.2) is 0 Å². The molecule has 0 unspecified atom stereocenters. The molecule has 27 heavy (non-hydrogen) atoms. The van der Waals surface area contributed by atoms with Crippen molar-refractivity contribution in [3.05, 3.63) is 63.1 Å². The molecule has 2 amide bonds. The lowest BCUT2D eigenvalue weighted by atomic mass is 10.2. The fraction of sp³-hybridized carbons (Fsp3) is 0.158. The number of carbonyl (C=O) groups is 2. The number of rotatable bonds is 4. The van der Waals surface area contributed by atoms with E-state index in [2.05, 4.69) is 10.6 Å². The molecule has 1 saturated heterocycles. The Bertz CT molecular complexity index is 895. The van der Waals surface area contributed by atoms with E-state index in [1.54, 1.807) is 42.5 Å². The van der Waals surface area contributed by atoms with Crippen molar-refractivity contribution in [2.24, 2.45) is 0 Å². The molecule has 0 aliphatic carbocycles. The molecule has 0 saturated carbocycles. The van der Waals surface area contributed by atoms with Crippen molar-refractivity contribution in [1.82, 2.24) is 5.32 Å². The van der Waals surface area contributed by atoms with Crippen LogP contribution in [0, 0.1) is 0 Å². The highest BCUT2D eigenvalue weighted by Gasteiger charge is 2.18. The van der Waals surface area contributed by atoms with Crippen LogP contribution in [0.4, 0.5) is 11.4 Å². The number of hydrogen-bond donors (Lipinski definition) is 2. The van der Waals surface area contributed by atoms with E-state index in [1.165, 1.54) is 6.08 Å². The second kappa shape index (κ2) is 8.65. The van der Waals surface area contributed by atoms with Crippen molar-refractivity contribution >= 4 is 64.1 Å². The quantitative estimate of drug-likeness (QED) is 0.722. The van der Waals surface area contributed by atoms with Crippen molar-refractivity contribution in [2.45, 2.75) is 0 Å². The van der Waals surface area contributed by atoms with E-state index in [1.807, 2.05) is 4.90 Å². The first-order valence-electron chi connectivity index (χ1n) is 8.18. The van der Waals surface area contributed by atoms with Crippen LogP contribution in [0.15, 0.2) is 42.5 Å². The predicted molar refractivity (Wildman–Crippen MR) is 111 cm³/mol. The molecule has 140 valence electrons. The molecule has 5 nitrogen and oxygen atoms in total. The van der Waals surface area contributed by atoms with E-state index >= 15 is 0 Å². The summed E-state index contributed by atoms with van der Waals surface area (Å²) in [5, 5.41) is 6.89. The average Bonchev–Trinajstić information content (AvgIpc) is 2.61. The summed E-state index contributed by atoms with van der Waals surface area (Å²) in [6.07, 6.45) is 2.91. The highest BCUT2D eigenvalue weighted by molar-refractivity contribution is 6.37. The summed E-state index contributed by atoms with van der Waals surface area (Å²) in [4.78, 5) is 25.6. The zero-order valence-electron chi connectivity index (χ0n) is 14.1. The maximum Gasteiger partial charge on any atom is 0.248 e. The first-order valence-corrected chi connectivity index (χ1v) is 9.31. The topological polar surface area (TPSA) is 61.4 Å². The Morgan fingerprint density at radius 1 is 1.11 bits per heavy atom. The first-order chi connectivity index (χ1) is 12.9. The van der Waals surface area contributed by atoms with Gasteiger partial charge in [-0.2, -0.15) is 0 Å². The number of nitrogens with zero attached hydrogens (tertiary/aromatic N) is 1. The van der Waals surface area contributed by atoms with Gasteiger partial charge in [-0.1, -0.05) is 40.9 Å². The van der Waals surface area contributed by atoms with E-state index in [4.69, 9.17) is 34.8 Å². The number of amides is 2. The van der Waals surface area contributed by atoms with Crippen LogP contribution in [-0.4, -0.2) is 31.4 Å². The number of anilines is 2. The maximum atomic E-state index is 12.2. The minimum atomic E-state index is -0.341. The predicted octanol–water partition coefficient (Wildman–Crippen LogP) is 4.23. The molecule has 2 aromatic rings. The SMILES string of the molecule is O=C(/C=C/c1c(Cl)cccc1Cl)Nc1ccc(N2CCNC(=O)C2)c(Cl)c1. The molecule has 2 aromatic carbocycles. The van der Waals surface area contributed by atoms with Gasteiger partial charge in [0.15, 0.2) is 0 Å². The van der Waals surface area contributed by atoms with Crippen LogP contribution in [0.1, 0.15) is 5.56 Å². The van der Waals surface area contributed by atoms with Crippen LogP contribution in [0.25, 0.3) is 6.08 Å². The number of nitrogens with one attached hydrogen (secondary N) is 2. The van der Waals surface area contributed by atoms with Gasteiger partial charge in [0, 0.05) is 40.5 Å². The number of hydrogen-bond acceptors (Lipinski definition) is 3. The first kappa shape index (κ1) is 19.5. The van der Waals surface area contributed by atoms with Crippen LogP contribution in [0.5, 0.6) is 0 Å². The van der Waals surface area contributed by atoms with Crippen molar-refractivity contribution < 1.29 is 9.59 Å². The molecule has 3 rings (SSSR count). The lowest BCUT2D eigenvalue weighted by molar-refractivity contribution is -0.120. The molecular weight excluding hydrogens is 409 g/mol. The molecule has 0 spiro atoms. The lowest BCUT2D eigenvalue weighted by Crippen LogP contribution is -2.47. The van der Waals surface area contributed by atoms with Gasteiger partial charge in [0.25, 0.3) is 0 Å². The molecule has 0 bridgehead atoms. The van der Waals surface area contributed by atoms with E-state index in [0.29, 0.717) is 39.4 Å². The zero-order valence-corrected chi connectivity index (χ0v) is 16.4. The van der Waals surface area contributed by atoms with Gasteiger partial charge < -0.3 is 15.5 Å². The van der Waals surface area contributed by atoms with Crippen LogP contribution in [0.2, 0.25) is 15.1 Å². The van der Waals surface area contributed by atoms with Crippen molar-refractivity contribution in [3.8, 4) is 0 Å². The van der Waals surface area contributed by atoms with Crippen LogP contribution in [0.3, 0.4) is 0 Å². The van der Waals surface area contributed by atoms with Crippen LogP contribution < -0.4 is 15.5 Å². The van der Waals surface area contributed by atoms with Crippen molar-refractivity contribution in [1.29, 1.82) is 0 Å². The summed E-state index contributed by atoms with van der Waals surface area (Å²) in [5.41, 5.74) is 1.88. The number of piperazine rings is 1. The van der Waals surface area contributed by atoms with Gasteiger partial charge in [-0.05, 0) is 36.4 Å². The minimum absolute atomic E-state index is 0.0435. The summed E-state index contributed by atoms with van der Waals surface area (Å²) in [6, 6.07) is 10.3. The molecule has 0 radical (unpaired) electrons. The lowest BCUT2D eigenvalue weighted by Gasteiger charge is -2.29. The molecule has 1 aliphatic heterocycles. The van der Waals surface area contributed by atoms with Gasteiger partial charge in [0.2, 0.25) is 11.8 Å². The summed E-state index contributed by atoms with van der Waals surface area (Å²) >= 11 is 18.5. The van der Waals surface area contributed by atoms with Gasteiger partial charge in [0.1, 0.15) is 0 Å². The van der Waals surface area contributed by atoms with Gasteiger partial charge in [-0.3, -0.25) is 9.59 Å². The van der Waals surface area contributed by atoms with Crippen LogP contribution >= 0.6 is 34.8 Å². The molecule has 0 atom stereocenters.